The summed E-state index contributed by atoms with van der Waals surface area (Å²) in [6, 6.07) is 15.4. The van der Waals surface area contributed by atoms with E-state index in [4.69, 9.17) is 18.9 Å². The molecule has 174 valence electrons. The van der Waals surface area contributed by atoms with Gasteiger partial charge in [-0.3, -0.25) is 9.59 Å². The van der Waals surface area contributed by atoms with Gasteiger partial charge in [0.15, 0.2) is 23.0 Å². The lowest BCUT2D eigenvalue weighted by Gasteiger charge is -2.07. The van der Waals surface area contributed by atoms with Crippen LogP contribution in [0.1, 0.15) is 32.1 Å². The lowest BCUT2D eigenvalue weighted by atomic mass is 10.1. The number of ether oxygens (including phenoxy) is 4. The molecule has 0 bridgehead atoms. The highest BCUT2D eigenvalue weighted by Crippen LogP contribution is 2.29. The van der Waals surface area contributed by atoms with E-state index in [1.165, 1.54) is 12.2 Å². The summed E-state index contributed by atoms with van der Waals surface area (Å²) in [5.74, 6) is 1.66. The maximum absolute atomic E-state index is 12.6. The maximum Gasteiger partial charge on any atom is 0.204 e. The van der Waals surface area contributed by atoms with Crippen LogP contribution in [0, 0.1) is 0 Å². The largest absolute Gasteiger partial charge is 0.493 e. The average Bonchev–Trinajstić information content (AvgIpc) is 2.89. The molecule has 0 aliphatic heterocycles. The number of hydrogen-bond donors (Lipinski definition) is 0. The minimum Gasteiger partial charge on any atom is -0.493 e. The Morgan fingerprint density at radius 1 is 0.618 bits per heavy atom. The SMILES string of the molecule is COc1ccc(C=CC(=O)c2cccc(C(=O)C=Cc3ccc(OC)c(OC)c3)n2)cc1OC. The van der Waals surface area contributed by atoms with Gasteiger partial charge in [-0.25, -0.2) is 4.98 Å². The van der Waals surface area contributed by atoms with Crippen molar-refractivity contribution in [3.05, 3.63) is 89.3 Å². The highest BCUT2D eigenvalue weighted by molar-refractivity contribution is 6.08. The van der Waals surface area contributed by atoms with Crippen LogP contribution in [0.15, 0.2) is 66.7 Å². The zero-order valence-electron chi connectivity index (χ0n) is 19.4. The van der Waals surface area contributed by atoms with Crippen molar-refractivity contribution in [1.82, 2.24) is 4.98 Å². The predicted octanol–water partition coefficient (Wildman–Crippen LogP) is 4.91. The van der Waals surface area contributed by atoms with Crippen molar-refractivity contribution in [2.75, 3.05) is 28.4 Å². The third-order valence-corrected chi connectivity index (χ3v) is 4.92. The third kappa shape index (κ3) is 5.89. The van der Waals surface area contributed by atoms with Crippen LogP contribution in [-0.2, 0) is 0 Å². The Labute approximate surface area is 198 Å². The van der Waals surface area contributed by atoms with Gasteiger partial charge in [-0.1, -0.05) is 30.4 Å². The van der Waals surface area contributed by atoms with E-state index in [0.29, 0.717) is 23.0 Å². The van der Waals surface area contributed by atoms with Crippen LogP contribution in [0.25, 0.3) is 12.2 Å². The van der Waals surface area contributed by atoms with E-state index in [2.05, 4.69) is 4.98 Å². The Morgan fingerprint density at radius 3 is 1.41 bits per heavy atom. The van der Waals surface area contributed by atoms with Crippen LogP contribution in [0.3, 0.4) is 0 Å². The fourth-order valence-electron chi connectivity index (χ4n) is 3.14. The normalized spacial score (nSPS) is 10.9. The second kappa shape index (κ2) is 11.5. The number of benzene rings is 2. The van der Waals surface area contributed by atoms with E-state index < -0.39 is 0 Å². The van der Waals surface area contributed by atoms with Crippen LogP contribution in [0.2, 0.25) is 0 Å². The van der Waals surface area contributed by atoms with Gasteiger partial charge in [-0.2, -0.15) is 0 Å². The van der Waals surface area contributed by atoms with E-state index in [-0.39, 0.29) is 23.0 Å². The van der Waals surface area contributed by atoms with Crippen molar-refractivity contribution in [2.45, 2.75) is 0 Å². The van der Waals surface area contributed by atoms with E-state index in [9.17, 15) is 9.59 Å². The molecule has 0 aliphatic rings. The number of pyridine rings is 1. The molecule has 0 unspecified atom stereocenters. The number of carbonyl (C=O) groups is 2. The number of ketones is 2. The van der Waals surface area contributed by atoms with Gasteiger partial charge in [0, 0.05) is 0 Å². The third-order valence-electron chi connectivity index (χ3n) is 4.92. The van der Waals surface area contributed by atoms with Crippen molar-refractivity contribution in [1.29, 1.82) is 0 Å². The first kappa shape index (κ1) is 24.3. The summed E-state index contributed by atoms with van der Waals surface area (Å²) in [5.41, 5.74) is 1.86. The molecule has 0 atom stereocenters. The Morgan fingerprint density at radius 2 is 1.03 bits per heavy atom. The van der Waals surface area contributed by atoms with E-state index >= 15 is 0 Å². The molecule has 0 amide bonds. The monoisotopic (exact) mass is 459 g/mol. The Hall–Kier alpha value is -4.39. The van der Waals surface area contributed by atoms with Crippen molar-refractivity contribution in [3.63, 3.8) is 0 Å². The lowest BCUT2D eigenvalue weighted by molar-refractivity contribution is 0.104. The molecule has 0 fully saturated rings. The quantitative estimate of drug-likeness (QED) is 0.315. The van der Waals surface area contributed by atoms with Gasteiger partial charge < -0.3 is 18.9 Å². The summed E-state index contributed by atoms with van der Waals surface area (Å²) in [5, 5.41) is 0. The second-order valence-electron chi connectivity index (χ2n) is 7.03. The first-order valence-corrected chi connectivity index (χ1v) is 10.3. The zero-order chi connectivity index (χ0) is 24.5. The number of aromatic nitrogens is 1. The Balaban J connectivity index is 1.74. The molecule has 7 heteroatoms. The van der Waals surface area contributed by atoms with E-state index in [0.717, 1.165) is 11.1 Å². The topological polar surface area (TPSA) is 84.0 Å². The van der Waals surface area contributed by atoms with E-state index in [1.54, 1.807) is 95.2 Å². The lowest BCUT2D eigenvalue weighted by Crippen LogP contribution is -2.05. The predicted molar refractivity (Wildman–Crippen MR) is 130 cm³/mol. The first-order chi connectivity index (χ1) is 16.5. The number of allylic oxidation sites excluding steroid dienone is 2. The van der Waals surface area contributed by atoms with Gasteiger partial charge >= 0.3 is 0 Å². The summed E-state index contributed by atoms with van der Waals surface area (Å²) in [7, 11) is 6.20. The number of rotatable bonds is 10. The average molecular weight is 459 g/mol. The first-order valence-electron chi connectivity index (χ1n) is 10.3. The molecular weight excluding hydrogens is 434 g/mol. The molecule has 1 heterocycles. The fourth-order valence-corrected chi connectivity index (χ4v) is 3.14. The van der Waals surface area contributed by atoms with Crippen LogP contribution >= 0.6 is 0 Å². The summed E-state index contributed by atoms with van der Waals surface area (Å²) < 4.78 is 21.0. The smallest absolute Gasteiger partial charge is 0.204 e. The number of carbonyl (C=O) groups excluding carboxylic acids is 2. The highest BCUT2D eigenvalue weighted by Gasteiger charge is 2.10. The molecule has 0 radical (unpaired) electrons. The zero-order valence-corrected chi connectivity index (χ0v) is 19.4. The molecule has 0 aliphatic carbocycles. The van der Waals surface area contributed by atoms with Crippen LogP contribution < -0.4 is 18.9 Å². The van der Waals surface area contributed by atoms with Crippen molar-refractivity contribution < 1.29 is 28.5 Å². The second-order valence-corrected chi connectivity index (χ2v) is 7.03. The molecule has 0 spiro atoms. The number of nitrogens with zero attached hydrogens (tertiary/aromatic N) is 1. The van der Waals surface area contributed by atoms with Crippen molar-refractivity contribution in [3.8, 4) is 23.0 Å². The summed E-state index contributed by atoms with van der Waals surface area (Å²) in [6.45, 7) is 0. The summed E-state index contributed by atoms with van der Waals surface area (Å²) in [6.07, 6.45) is 6.10. The minimum absolute atomic E-state index is 0.169. The van der Waals surface area contributed by atoms with Crippen LogP contribution in [0.5, 0.6) is 23.0 Å². The van der Waals surface area contributed by atoms with E-state index in [1.807, 2.05) is 0 Å². The van der Waals surface area contributed by atoms with Gasteiger partial charge in [-0.05, 0) is 59.7 Å². The molecule has 3 rings (SSSR count). The minimum atomic E-state index is -0.326. The van der Waals surface area contributed by atoms with Gasteiger partial charge in [0.05, 0.1) is 28.4 Å². The molecule has 2 aromatic carbocycles. The summed E-state index contributed by atoms with van der Waals surface area (Å²) in [4.78, 5) is 29.5. The van der Waals surface area contributed by atoms with Gasteiger partial charge in [0.1, 0.15) is 11.4 Å². The fraction of sp³-hybridized carbons (Fsp3) is 0.148. The summed E-state index contributed by atoms with van der Waals surface area (Å²) >= 11 is 0. The molecule has 0 N–H and O–H groups in total. The molecule has 1 aromatic heterocycles. The van der Waals surface area contributed by atoms with Crippen molar-refractivity contribution in [2.24, 2.45) is 0 Å². The van der Waals surface area contributed by atoms with Gasteiger partial charge in [-0.15, -0.1) is 0 Å². The van der Waals surface area contributed by atoms with Gasteiger partial charge in [0.25, 0.3) is 0 Å². The Kier molecular flexibility index (Phi) is 8.18. The van der Waals surface area contributed by atoms with Crippen molar-refractivity contribution >= 4 is 23.7 Å². The molecular formula is C27H25NO6. The molecule has 0 saturated heterocycles. The highest BCUT2D eigenvalue weighted by atomic mass is 16.5. The Bertz CT molecular complexity index is 1150. The number of hydrogen-bond acceptors (Lipinski definition) is 7. The molecule has 3 aromatic rings. The van der Waals surface area contributed by atoms with Crippen LogP contribution in [0.4, 0.5) is 0 Å². The van der Waals surface area contributed by atoms with Gasteiger partial charge in [0.2, 0.25) is 11.6 Å². The van der Waals surface area contributed by atoms with Crippen LogP contribution in [-0.4, -0.2) is 45.0 Å². The standard InChI is InChI=1S/C27H25NO6/c1-31-24-14-10-18(16-26(24)33-3)8-12-22(29)20-6-5-7-21(28-20)23(30)13-9-19-11-15-25(32-2)27(17-19)34-4/h5-17H,1-4H3. The molecule has 0 saturated carbocycles. The number of methoxy groups -OCH3 is 4. The molecule has 34 heavy (non-hydrogen) atoms. The molecule has 7 nitrogen and oxygen atoms in total. The maximum atomic E-state index is 12.6.